The zero-order chi connectivity index (χ0) is 27.5. The summed E-state index contributed by atoms with van der Waals surface area (Å²) in [6.45, 7) is 3.75. The number of nitrogens with two attached hydrogens (primary N) is 1. The van der Waals surface area contributed by atoms with Crippen molar-refractivity contribution in [3.8, 4) is 34.1 Å². The van der Waals surface area contributed by atoms with E-state index < -0.39 is 11.8 Å². The zero-order valence-corrected chi connectivity index (χ0v) is 21.6. The Bertz CT molecular complexity index is 1450. The number of halogens is 2. The van der Waals surface area contributed by atoms with Crippen molar-refractivity contribution in [1.82, 2.24) is 15.2 Å². The Morgan fingerprint density at radius 1 is 1.13 bits per heavy atom. The van der Waals surface area contributed by atoms with E-state index in [1.54, 1.807) is 25.3 Å². The third kappa shape index (κ3) is 5.55. The fourth-order valence-electron chi connectivity index (χ4n) is 5.11. The second kappa shape index (κ2) is 11.4. The number of nitriles is 1. The molecule has 39 heavy (non-hydrogen) atoms. The number of pyridine rings is 1. The van der Waals surface area contributed by atoms with Gasteiger partial charge < -0.3 is 25.4 Å². The number of nitrogens with one attached hydrogen (secondary N) is 1. The average Bonchev–Trinajstić information content (AvgIpc) is 2.93. The van der Waals surface area contributed by atoms with E-state index in [0.717, 1.165) is 32.5 Å². The molecule has 8 nitrogen and oxygen atoms in total. The van der Waals surface area contributed by atoms with Crippen LogP contribution < -0.4 is 15.8 Å². The van der Waals surface area contributed by atoms with E-state index in [4.69, 9.17) is 15.2 Å². The maximum absolute atomic E-state index is 15.1. The van der Waals surface area contributed by atoms with Crippen LogP contribution in [-0.2, 0) is 11.2 Å². The highest BCUT2D eigenvalue weighted by atomic mass is 19.1. The number of ether oxygens (including phenoxy) is 2. The molecule has 2 aromatic carbocycles. The number of carbonyl (C=O) groups excluding carboxylic acids is 1. The van der Waals surface area contributed by atoms with Crippen LogP contribution in [0.15, 0.2) is 36.4 Å². The summed E-state index contributed by atoms with van der Waals surface area (Å²) in [6.07, 6.45) is 2.15. The average molecular weight is 534 g/mol. The molecule has 1 fully saturated rings. The van der Waals surface area contributed by atoms with Gasteiger partial charge in [0.05, 0.1) is 12.2 Å². The van der Waals surface area contributed by atoms with Crippen LogP contribution >= 0.6 is 0 Å². The predicted molar refractivity (Wildman–Crippen MR) is 142 cm³/mol. The number of hydrogen-bond acceptors (Lipinski definition) is 7. The number of fused-ring (bicyclic) bond motifs is 1. The quantitative estimate of drug-likeness (QED) is 0.443. The smallest absolute Gasteiger partial charge is 0.251 e. The van der Waals surface area contributed by atoms with Crippen LogP contribution in [0.2, 0.25) is 0 Å². The van der Waals surface area contributed by atoms with E-state index in [-0.39, 0.29) is 45.6 Å². The second-order valence-corrected chi connectivity index (χ2v) is 9.73. The number of rotatable bonds is 7. The summed E-state index contributed by atoms with van der Waals surface area (Å²) in [6, 6.07) is 11.1. The number of piperidine rings is 1. The van der Waals surface area contributed by atoms with E-state index >= 15 is 8.78 Å². The van der Waals surface area contributed by atoms with Crippen molar-refractivity contribution >= 4 is 11.7 Å². The highest BCUT2D eigenvalue weighted by Crippen LogP contribution is 2.36. The summed E-state index contributed by atoms with van der Waals surface area (Å²) in [7, 11) is 1.68. The first-order valence-corrected chi connectivity index (χ1v) is 12.9. The molecule has 0 saturated carbocycles. The lowest BCUT2D eigenvalue weighted by molar-refractivity contribution is 0.0796. The molecule has 0 spiro atoms. The third-order valence-electron chi connectivity index (χ3n) is 7.26. The summed E-state index contributed by atoms with van der Waals surface area (Å²) in [5.41, 5.74) is 8.02. The van der Waals surface area contributed by atoms with E-state index in [2.05, 4.69) is 21.3 Å². The van der Waals surface area contributed by atoms with Gasteiger partial charge in [0.1, 0.15) is 29.6 Å². The van der Waals surface area contributed by atoms with Crippen LogP contribution in [0, 0.1) is 23.1 Å². The van der Waals surface area contributed by atoms with Crippen LogP contribution in [0.25, 0.3) is 22.3 Å². The first kappa shape index (κ1) is 26.5. The fourth-order valence-corrected chi connectivity index (χ4v) is 5.11. The topological polar surface area (TPSA) is 114 Å². The first-order chi connectivity index (χ1) is 18.9. The van der Waals surface area contributed by atoms with Crippen LogP contribution in [0.3, 0.4) is 0 Å². The lowest BCUT2D eigenvalue weighted by atomic mass is 9.93. The standard InChI is InChI=1S/C29H29F2N5O3/c1-38-11-10-36-8-5-20(6-9-36)39-26-3-2-17(12-19(26)16-32)21-14-24(28(33)35-27(21)31)23-13-18-4-7-34-29(37)22(18)15-25(23)30/h2-3,12-15,20H,4-11H2,1H3,(H2,33,35)(H,34,37). The Hall–Kier alpha value is -4.07. The van der Waals surface area contributed by atoms with E-state index in [1.165, 1.54) is 18.2 Å². The van der Waals surface area contributed by atoms with Crippen molar-refractivity contribution in [2.75, 3.05) is 45.6 Å². The highest BCUT2D eigenvalue weighted by Gasteiger charge is 2.24. The molecule has 3 aromatic rings. The molecule has 0 atom stereocenters. The summed E-state index contributed by atoms with van der Waals surface area (Å²) < 4.78 is 41.4. The number of benzene rings is 2. The molecule has 2 aliphatic rings. The van der Waals surface area contributed by atoms with Crippen LogP contribution in [-0.4, -0.2) is 61.8 Å². The van der Waals surface area contributed by atoms with Gasteiger partial charge >= 0.3 is 0 Å². The van der Waals surface area contributed by atoms with Gasteiger partial charge in [0, 0.05) is 55.5 Å². The molecule has 10 heteroatoms. The summed E-state index contributed by atoms with van der Waals surface area (Å²) in [5, 5.41) is 12.5. The van der Waals surface area contributed by atoms with Gasteiger partial charge in [0.25, 0.3) is 5.91 Å². The Kier molecular flexibility index (Phi) is 7.72. The minimum absolute atomic E-state index is 0.0302. The van der Waals surface area contributed by atoms with Crippen LogP contribution in [0.4, 0.5) is 14.6 Å². The molecule has 1 amide bonds. The summed E-state index contributed by atoms with van der Waals surface area (Å²) in [5.74, 6) is -1.58. The van der Waals surface area contributed by atoms with Crippen LogP contribution in [0.5, 0.6) is 5.75 Å². The third-order valence-corrected chi connectivity index (χ3v) is 7.26. The number of hydrogen-bond donors (Lipinski definition) is 2. The Balaban J connectivity index is 1.42. The Labute approximate surface area is 225 Å². The highest BCUT2D eigenvalue weighted by molar-refractivity contribution is 5.97. The molecule has 2 aliphatic heterocycles. The van der Waals surface area contributed by atoms with Gasteiger partial charge in [-0.1, -0.05) is 6.07 Å². The van der Waals surface area contributed by atoms with Gasteiger partial charge in [-0.15, -0.1) is 0 Å². The van der Waals surface area contributed by atoms with Gasteiger partial charge in [0.15, 0.2) is 0 Å². The van der Waals surface area contributed by atoms with Crippen molar-refractivity contribution in [3.63, 3.8) is 0 Å². The van der Waals surface area contributed by atoms with E-state index in [1.807, 2.05) is 0 Å². The molecule has 0 bridgehead atoms. The SMILES string of the molecule is COCCN1CCC(Oc2ccc(-c3cc(-c4cc5c(cc4F)C(=O)NCC5)c(N)nc3F)cc2C#N)CC1. The predicted octanol–water partition coefficient (Wildman–Crippen LogP) is 3.92. The van der Waals surface area contributed by atoms with E-state index in [0.29, 0.717) is 36.4 Å². The number of aromatic nitrogens is 1. The monoisotopic (exact) mass is 533 g/mol. The molecule has 0 unspecified atom stereocenters. The fraction of sp³-hybridized carbons (Fsp3) is 0.345. The molecule has 1 aromatic heterocycles. The molecule has 1 saturated heterocycles. The van der Waals surface area contributed by atoms with Crippen molar-refractivity contribution in [2.45, 2.75) is 25.4 Å². The number of likely N-dealkylation sites (tertiary alicyclic amines) is 1. The van der Waals surface area contributed by atoms with Crippen molar-refractivity contribution in [1.29, 1.82) is 5.26 Å². The lowest BCUT2D eigenvalue weighted by Crippen LogP contribution is -2.39. The van der Waals surface area contributed by atoms with Gasteiger partial charge in [-0.3, -0.25) is 4.79 Å². The molecule has 202 valence electrons. The number of carbonyl (C=O) groups is 1. The van der Waals surface area contributed by atoms with Gasteiger partial charge in [-0.25, -0.2) is 9.37 Å². The molecule has 0 aliphatic carbocycles. The minimum Gasteiger partial charge on any atom is -0.489 e. The maximum Gasteiger partial charge on any atom is 0.251 e. The molecular formula is C29H29F2N5O3. The van der Waals surface area contributed by atoms with Crippen molar-refractivity contribution in [2.24, 2.45) is 0 Å². The summed E-state index contributed by atoms with van der Waals surface area (Å²) >= 11 is 0. The Morgan fingerprint density at radius 2 is 1.92 bits per heavy atom. The molecule has 3 heterocycles. The van der Waals surface area contributed by atoms with Crippen LogP contribution in [0.1, 0.15) is 34.3 Å². The lowest BCUT2D eigenvalue weighted by Gasteiger charge is -2.32. The second-order valence-electron chi connectivity index (χ2n) is 9.73. The first-order valence-electron chi connectivity index (χ1n) is 12.9. The maximum atomic E-state index is 15.1. The van der Waals surface area contributed by atoms with Gasteiger partial charge in [-0.2, -0.15) is 9.65 Å². The minimum atomic E-state index is -0.838. The number of nitrogens with zero attached hydrogens (tertiary/aromatic N) is 3. The van der Waals surface area contributed by atoms with E-state index in [9.17, 15) is 10.1 Å². The summed E-state index contributed by atoms with van der Waals surface area (Å²) in [4.78, 5) is 18.2. The zero-order valence-electron chi connectivity index (χ0n) is 21.6. The number of methoxy groups -OCH3 is 1. The molecule has 0 radical (unpaired) electrons. The normalized spacial score (nSPS) is 15.9. The molecular weight excluding hydrogens is 504 g/mol. The molecule has 5 rings (SSSR count). The molecule has 3 N–H and O–H groups in total. The van der Waals surface area contributed by atoms with Gasteiger partial charge in [-0.05, 0) is 60.7 Å². The number of nitrogen functional groups attached to an aromatic ring is 1. The van der Waals surface area contributed by atoms with Crippen molar-refractivity contribution < 1.29 is 23.0 Å². The largest absolute Gasteiger partial charge is 0.489 e. The van der Waals surface area contributed by atoms with Crippen molar-refractivity contribution in [3.05, 3.63) is 64.9 Å². The Morgan fingerprint density at radius 3 is 2.67 bits per heavy atom. The van der Waals surface area contributed by atoms with Gasteiger partial charge in [0.2, 0.25) is 5.95 Å². The number of amides is 1. The number of anilines is 1.